The van der Waals surface area contributed by atoms with Crippen molar-refractivity contribution in [3.8, 4) is 11.8 Å². The Morgan fingerprint density at radius 1 is 1.69 bits per heavy atom. The molecule has 0 fully saturated rings. The maximum absolute atomic E-state index is 10.1. The zero-order valence-corrected chi connectivity index (χ0v) is 7.24. The maximum atomic E-state index is 10.1. The molecule has 66 valence electrons. The molecule has 1 aromatic heterocycles. The van der Waals surface area contributed by atoms with E-state index in [2.05, 4.69) is 16.8 Å². The molecule has 0 aliphatic heterocycles. The molecule has 0 saturated carbocycles. The lowest BCUT2D eigenvalue weighted by Gasteiger charge is -1.90. The second-order valence-corrected chi connectivity index (χ2v) is 2.59. The van der Waals surface area contributed by atoms with Crippen LogP contribution in [-0.2, 0) is 4.79 Å². The van der Waals surface area contributed by atoms with Crippen LogP contribution in [0, 0.1) is 18.8 Å². The van der Waals surface area contributed by atoms with Gasteiger partial charge in [-0.25, -0.2) is 4.98 Å². The molecule has 0 atom stereocenters. The first kappa shape index (κ1) is 9.27. The van der Waals surface area contributed by atoms with Gasteiger partial charge in [-0.2, -0.15) is 0 Å². The number of hydrogen-bond donors (Lipinski definition) is 1. The number of aromatic nitrogens is 1. The van der Waals surface area contributed by atoms with Crippen molar-refractivity contribution < 1.29 is 9.90 Å². The van der Waals surface area contributed by atoms with Gasteiger partial charge in [-0.05, 0) is 30.5 Å². The van der Waals surface area contributed by atoms with Gasteiger partial charge in [0.2, 0.25) is 0 Å². The Kier molecular flexibility index (Phi) is 3.04. The van der Waals surface area contributed by atoms with E-state index in [0.717, 1.165) is 5.56 Å². The molecule has 0 unspecified atom stereocenters. The molecule has 1 aromatic rings. The third kappa shape index (κ3) is 3.39. The van der Waals surface area contributed by atoms with E-state index in [4.69, 9.17) is 5.11 Å². The summed E-state index contributed by atoms with van der Waals surface area (Å²) in [6.07, 6.45) is 1.51. The van der Waals surface area contributed by atoms with Gasteiger partial charge in [0.25, 0.3) is 0 Å². The fourth-order valence-corrected chi connectivity index (χ4v) is 0.815. The molecule has 1 heterocycles. The summed E-state index contributed by atoms with van der Waals surface area (Å²) in [6.45, 7) is 1.93. The molecule has 0 aromatic carbocycles. The Morgan fingerprint density at radius 3 is 3.08 bits per heavy atom. The summed E-state index contributed by atoms with van der Waals surface area (Å²) in [6, 6.07) is 3.68. The van der Waals surface area contributed by atoms with Crippen LogP contribution in [0.15, 0.2) is 18.3 Å². The third-order valence-corrected chi connectivity index (χ3v) is 1.37. The third-order valence-electron chi connectivity index (χ3n) is 1.37. The number of carboxylic acids is 1. The first-order valence-electron chi connectivity index (χ1n) is 3.82. The van der Waals surface area contributed by atoms with Crippen molar-refractivity contribution in [1.29, 1.82) is 0 Å². The minimum Gasteiger partial charge on any atom is -0.481 e. The number of carbonyl (C=O) groups is 1. The lowest BCUT2D eigenvalue weighted by atomic mass is 10.2. The van der Waals surface area contributed by atoms with Crippen LogP contribution in [0.3, 0.4) is 0 Å². The van der Waals surface area contributed by atoms with Crippen molar-refractivity contribution in [3.05, 3.63) is 29.6 Å². The summed E-state index contributed by atoms with van der Waals surface area (Å²) < 4.78 is 0. The second kappa shape index (κ2) is 4.27. The van der Waals surface area contributed by atoms with Crippen molar-refractivity contribution in [1.82, 2.24) is 4.98 Å². The van der Waals surface area contributed by atoms with Crippen molar-refractivity contribution in [2.24, 2.45) is 0 Å². The summed E-state index contributed by atoms with van der Waals surface area (Å²) in [5.41, 5.74) is 1.68. The molecule has 1 N–H and O–H groups in total. The van der Waals surface area contributed by atoms with Gasteiger partial charge in [0, 0.05) is 6.20 Å². The molecule has 0 radical (unpaired) electrons. The van der Waals surface area contributed by atoms with Crippen molar-refractivity contribution in [2.45, 2.75) is 13.3 Å². The van der Waals surface area contributed by atoms with Gasteiger partial charge >= 0.3 is 5.97 Å². The van der Waals surface area contributed by atoms with Crippen LogP contribution in [0.2, 0.25) is 0 Å². The lowest BCUT2D eigenvalue weighted by Crippen LogP contribution is -1.90. The number of rotatable bonds is 1. The van der Waals surface area contributed by atoms with E-state index in [1.165, 1.54) is 0 Å². The SMILES string of the molecule is Cc1ccnc(C#CCC(=O)O)c1. The van der Waals surface area contributed by atoms with E-state index in [1.54, 1.807) is 6.20 Å². The van der Waals surface area contributed by atoms with E-state index in [1.807, 2.05) is 19.1 Å². The topological polar surface area (TPSA) is 50.2 Å². The predicted octanol–water partition coefficient (Wildman–Crippen LogP) is 1.22. The first-order chi connectivity index (χ1) is 6.18. The number of carboxylic acid groups (broad SMARTS) is 1. The van der Waals surface area contributed by atoms with E-state index in [9.17, 15) is 4.79 Å². The van der Waals surface area contributed by atoms with E-state index >= 15 is 0 Å². The van der Waals surface area contributed by atoms with E-state index in [0.29, 0.717) is 5.69 Å². The Hall–Kier alpha value is -1.82. The minimum atomic E-state index is -0.917. The predicted molar refractivity (Wildman–Crippen MR) is 48.1 cm³/mol. The highest BCUT2D eigenvalue weighted by atomic mass is 16.4. The summed E-state index contributed by atoms with van der Waals surface area (Å²) >= 11 is 0. The average molecular weight is 175 g/mol. The van der Waals surface area contributed by atoms with E-state index < -0.39 is 5.97 Å². The largest absolute Gasteiger partial charge is 0.481 e. The van der Waals surface area contributed by atoms with Crippen LogP contribution < -0.4 is 0 Å². The highest BCUT2D eigenvalue weighted by Gasteiger charge is 1.90. The first-order valence-corrected chi connectivity index (χ1v) is 3.82. The normalized spacial score (nSPS) is 8.69. The highest BCUT2D eigenvalue weighted by molar-refractivity contribution is 5.70. The Morgan fingerprint density at radius 2 is 2.46 bits per heavy atom. The molecular formula is C10H9NO2. The lowest BCUT2D eigenvalue weighted by molar-refractivity contribution is -0.135. The van der Waals surface area contributed by atoms with Crippen LogP contribution in [0.4, 0.5) is 0 Å². The van der Waals surface area contributed by atoms with Crippen LogP contribution in [0.1, 0.15) is 17.7 Å². The Bertz CT molecular complexity index is 374. The van der Waals surface area contributed by atoms with Gasteiger partial charge in [0.05, 0.1) is 0 Å². The van der Waals surface area contributed by atoms with Crippen LogP contribution >= 0.6 is 0 Å². The highest BCUT2D eigenvalue weighted by Crippen LogP contribution is 1.97. The van der Waals surface area contributed by atoms with Crippen LogP contribution in [0.5, 0.6) is 0 Å². The second-order valence-electron chi connectivity index (χ2n) is 2.59. The molecule has 0 spiro atoms. The molecule has 13 heavy (non-hydrogen) atoms. The molecule has 0 aliphatic rings. The minimum absolute atomic E-state index is 0.143. The van der Waals surface area contributed by atoms with Crippen LogP contribution in [-0.4, -0.2) is 16.1 Å². The van der Waals surface area contributed by atoms with Gasteiger partial charge < -0.3 is 5.11 Å². The molecule has 3 heteroatoms. The fraction of sp³-hybridized carbons (Fsp3) is 0.200. The summed E-state index contributed by atoms with van der Waals surface area (Å²) in [5.74, 6) is 4.27. The standard InChI is InChI=1S/C10H9NO2/c1-8-5-6-11-9(7-8)3-2-4-10(12)13/h5-7H,4H2,1H3,(H,12,13). The maximum Gasteiger partial charge on any atom is 0.315 e. The number of hydrogen-bond acceptors (Lipinski definition) is 2. The van der Waals surface area contributed by atoms with Gasteiger partial charge in [0.1, 0.15) is 12.1 Å². The Labute approximate surface area is 76.4 Å². The zero-order chi connectivity index (χ0) is 9.68. The van der Waals surface area contributed by atoms with Gasteiger partial charge in [-0.3, -0.25) is 4.79 Å². The van der Waals surface area contributed by atoms with Gasteiger partial charge in [-0.15, -0.1) is 0 Å². The Balaban J connectivity index is 2.72. The van der Waals surface area contributed by atoms with Gasteiger partial charge in [0.15, 0.2) is 0 Å². The molecule has 3 nitrogen and oxygen atoms in total. The monoisotopic (exact) mass is 175 g/mol. The van der Waals surface area contributed by atoms with E-state index in [-0.39, 0.29) is 6.42 Å². The molecule has 0 amide bonds. The summed E-state index contributed by atoms with van der Waals surface area (Å²) in [4.78, 5) is 14.1. The number of aliphatic carboxylic acids is 1. The molecule has 0 bridgehead atoms. The average Bonchev–Trinajstić information content (AvgIpc) is 2.03. The molecular weight excluding hydrogens is 166 g/mol. The molecule has 0 aliphatic carbocycles. The van der Waals surface area contributed by atoms with Crippen LogP contribution in [0.25, 0.3) is 0 Å². The number of pyridine rings is 1. The molecule has 0 saturated heterocycles. The van der Waals surface area contributed by atoms with Crippen molar-refractivity contribution in [3.63, 3.8) is 0 Å². The van der Waals surface area contributed by atoms with Crippen molar-refractivity contribution in [2.75, 3.05) is 0 Å². The smallest absolute Gasteiger partial charge is 0.315 e. The van der Waals surface area contributed by atoms with Gasteiger partial charge in [-0.1, -0.05) is 5.92 Å². The number of aryl methyl sites for hydroxylation is 1. The number of nitrogens with zero attached hydrogens (tertiary/aromatic N) is 1. The summed E-state index contributed by atoms with van der Waals surface area (Å²) in [5, 5.41) is 8.32. The molecule has 1 rings (SSSR count). The fourth-order valence-electron chi connectivity index (χ4n) is 0.815. The zero-order valence-electron chi connectivity index (χ0n) is 7.24. The summed E-state index contributed by atoms with van der Waals surface area (Å²) in [7, 11) is 0. The van der Waals surface area contributed by atoms with Crippen molar-refractivity contribution >= 4 is 5.97 Å². The quantitative estimate of drug-likeness (QED) is 0.653.